The fraction of sp³-hybridized carbons (Fsp3) is 0.889. The molecule has 2 saturated heterocycles. The lowest BCUT2D eigenvalue weighted by molar-refractivity contribution is -0.157. The maximum atomic E-state index is 13.8. The number of urea groups is 1. The molecule has 0 bridgehead atoms. The summed E-state index contributed by atoms with van der Waals surface area (Å²) in [5.74, 6) is -3.63. The highest BCUT2D eigenvalue weighted by molar-refractivity contribution is 5.75. The van der Waals surface area contributed by atoms with E-state index in [9.17, 15) is 18.7 Å². The van der Waals surface area contributed by atoms with Crippen molar-refractivity contribution < 1.29 is 28.5 Å². The van der Waals surface area contributed by atoms with Gasteiger partial charge in [-0.15, -0.1) is 0 Å². The van der Waals surface area contributed by atoms with Gasteiger partial charge in [-0.1, -0.05) is 0 Å². The number of ether oxygens (including phenoxy) is 1. The number of nitrogens with zero attached hydrogens (tertiary/aromatic N) is 1. The topological polar surface area (TPSA) is 108 Å². The number of aliphatic hydroxyl groups is 2. The van der Waals surface area contributed by atoms with E-state index in [4.69, 9.17) is 15.6 Å². The summed E-state index contributed by atoms with van der Waals surface area (Å²) in [4.78, 5) is 12.3. The molecule has 2 amide bonds. The normalized spacial score (nSPS) is 39.8. The Bertz CT molecular complexity index is 344. The van der Waals surface area contributed by atoms with E-state index < -0.39 is 43.2 Å². The van der Waals surface area contributed by atoms with Crippen LogP contribution in [0.3, 0.4) is 0 Å². The molecular formula is C9H15F2N3O4. The van der Waals surface area contributed by atoms with Crippen molar-refractivity contribution >= 4 is 6.03 Å². The fourth-order valence-corrected chi connectivity index (χ4v) is 2.07. The molecule has 0 saturated carbocycles. The summed E-state index contributed by atoms with van der Waals surface area (Å²) in [5.41, 5.74) is 5.46. The predicted octanol–water partition coefficient (Wildman–Crippen LogP) is -1.60. The number of carbonyl (C=O) groups excluding carboxylic acids is 1. The molecule has 2 rings (SSSR count). The fourth-order valence-electron chi connectivity index (χ4n) is 2.07. The van der Waals surface area contributed by atoms with E-state index in [1.165, 1.54) is 0 Å². The van der Waals surface area contributed by atoms with Crippen LogP contribution in [-0.2, 0) is 4.74 Å². The molecule has 0 aromatic carbocycles. The van der Waals surface area contributed by atoms with E-state index in [0.29, 0.717) is 6.42 Å². The van der Waals surface area contributed by atoms with Crippen LogP contribution in [0.25, 0.3) is 0 Å². The Labute approximate surface area is 101 Å². The first-order chi connectivity index (χ1) is 8.37. The molecule has 0 spiro atoms. The van der Waals surface area contributed by atoms with Gasteiger partial charge in [-0.2, -0.15) is 8.78 Å². The van der Waals surface area contributed by atoms with Crippen LogP contribution in [0.1, 0.15) is 6.42 Å². The van der Waals surface area contributed by atoms with Gasteiger partial charge in [0.1, 0.15) is 6.10 Å². The van der Waals surface area contributed by atoms with Gasteiger partial charge in [-0.3, -0.25) is 4.90 Å². The zero-order valence-electron chi connectivity index (χ0n) is 9.42. The Balaban J connectivity index is 2.15. The Morgan fingerprint density at radius 3 is 2.78 bits per heavy atom. The molecule has 9 heteroatoms. The van der Waals surface area contributed by atoms with Gasteiger partial charge in [0, 0.05) is 6.54 Å². The standard InChI is InChI=1S/C9H15F2N3O4/c10-9(11)6(16)4(3-15)18-7(9)14-2-1-5(12)13-8(14)17/h4-7,15-16H,1-3,12H2,(H,13,17)/t4-,5?,6?,7-/m1/s1. The highest BCUT2D eigenvalue weighted by Crippen LogP contribution is 2.38. The molecule has 0 aromatic heterocycles. The molecule has 5 N–H and O–H groups in total. The zero-order valence-corrected chi connectivity index (χ0v) is 9.42. The number of hydrogen-bond donors (Lipinski definition) is 4. The molecule has 104 valence electrons. The number of aliphatic hydroxyl groups excluding tert-OH is 2. The van der Waals surface area contributed by atoms with Gasteiger partial charge in [0.15, 0.2) is 6.10 Å². The average molecular weight is 267 g/mol. The molecule has 2 unspecified atom stereocenters. The third-order valence-electron chi connectivity index (χ3n) is 3.09. The van der Waals surface area contributed by atoms with Gasteiger partial charge < -0.3 is 26.0 Å². The first-order valence-corrected chi connectivity index (χ1v) is 5.53. The minimum absolute atomic E-state index is 0.00186. The van der Waals surface area contributed by atoms with Crippen molar-refractivity contribution in [2.24, 2.45) is 5.73 Å². The first kappa shape index (κ1) is 13.4. The number of nitrogens with one attached hydrogen (secondary N) is 1. The summed E-state index contributed by atoms with van der Waals surface area (Å²) in [7, 11) is 0. The third-order valence-corrected chi connectivity index (χ3v) is 3.09. The number of alkyl halides is 2. The van der Waals surface area contributed by atoms with Gasteiger partial charge in [-0.05, 0) is 6.42 Å². The third kappa shape index (κ3) is 2.03. The van der Waals surface area contributed by atoms with Crippen LogP contribution >= 0.6 is 0 Å². The van der Waals surface area contributed by atoms with Gasteiger partial charge in [0.25, 0.3) is 0 Å². The second-order valence-electron chi connectivity index (χ2n) is 4.37. The van der Waals surface area contributed by atoms with E-state index in [1.54, 1.807) is 0 Å². The molecule has 2 aliphatic rings. The Hall–Kier alpha value is -1.03. The number of rotatable bonds is 2. The van der Waals surface area contributed by atoms with Crippen LogP contribution in [0, 0.1) is 0 Å². The maximum absolute atomic E-state index is 13.8. The van der Waals surface area contributed by atoms with Crippen molar-refractivity contribution in [2.75, 3.05) is 13.2 Å². The minimum Gasteiger partial charge on any atom is -0.394 e. The summed E-state index contributed by atoms with van der Waals surface area (Å²) >= 11 is 0. The van der Waals surface area contributed by atoms with Crippen molar-refractivity contribution in [2.45, 2.75) is 36.9 Å². The minimum atomic E-state index is -3.63. The van der Waals surface area contributed by atoms with Crippen LogP contribution < -0.4 is 11.1 Å². The van der Waals surface area contributed by atoms with Crippen LogP contribution in [-0.4, -0.2) is 64.8 Å². The summed E-state index contributed by atoms with van der Waals surface area (Å²) in [5, 5.41) is 20.5. The van der Waals surface area contributed by atoms with E-state index in [-0.39, 0.29) is 6.54 Å². The number of hydrogen-bond acceptors (Lipinski definition) is 5. The van der Waals surface area contributed by atoms with E-state index >= 15 is 0 Å². The quantitative estimate of drug-likeness (QED) is 0.482. The van der Waals surface area contributed by atoms with E-state index in [2.05, 4.69) is 5.32 Å². The summed E-state index contributed by atoms with van der Waals surface area (Å²) in [6.45, 7) is -0.750. The van der Waals surface area contributed by atoms with Crippen molar-refractivity contribution in [3.8, 4) is 0 Å². The second-order valence-corrected chi connectivity index (χ2v) is 4.37. The molecule has 4 atom stereocenters. The van der Waals surface area contributed by atoms with Crippen LogP contribution in [0.2, 0.25) is 0 Å². The van der Waals surface area contributed by atoms with Crippen molar-refractivity contribution in [3.05, 3.63) is 0 Å². The predicted molar refractivity (Wildman–Crippen MR) is 54.5 cm³/mol. The lowest BCUT2D eigenvalue weighted by Gasteiger charge is -2.36. The summed E-state index contributed by atoms with van der Waals surface area (Å²) in [6.07, 6.45) is -5.73. The Morgan fingerprint density at radius 2 is 2.28 bits per heavy atom. The number of amides is 2. The van der Waals surface area contributed by atoms with Crippen LogP contribution in [0.4, 0.5) is 13.6 Å². The summed E-state index contributed by atoms with van der Waals surface area (Å²) < 4.78 is 32.4. The monoisotopic (exact) mass is 267 g/mol. The molecular weight excluding hydrogens is 252 g/mol. The summed E-state index contributed by atoms with van der Waals surface area (Å²) in [6, 6.07) is -0.774. The smallest absolute Gasteiger partial charge is 0.320 e. The SMILES string of the molecule is NC1CCN([C@@H]2O[C@H](CO)C(O)C2(F)F)C(=O)N1. The molecule has 0 radical (unpaired) electrons. The Kier molecular flexibility index (Phi) is 3.41. The first-order valence-electron chi connectivity index (χ1n) is 5.53. The lowest BCUT2D eigenvalue weighted by atomic mass is 10.1. The molecule has 7 nitrogen and oxygen atoms in total. The lowest BCUT2D eigenvalue weighted by Crippen LogP contribution is -2.61. The number of carbonyl (C=O) groups is 1. The maximum Gasteiger partial charge on any atom is 0.320 e. The average Bonchev–Trinajstić information content (AvgIpc) is 2.52. The van der Waals surface area contributed by atoms with Gasteiger partial charge in [-0.25, -0.2) is 4.79 Å². The molecule has 18 heavy (non-hydrogen) atoms. The largest absolute Gasteiger partial charge is 0.394 e. The zero-order chi connectivity index (χ0) is 13.5. The number of nitrogens with two attached hydrogens (primary N) is 1. The molecule has 0 aliphatic carbocycles. The van der Waals surface area contributed by atoms with Crippen molar-refractivity contribution in [3.63, 3.8) is 0 Å². The number of halogens is 2. The Morgan fingerprint density at radius 1 is 1.61 bits per heavy atom. The second kappa shape index (κ2) is 4.57. The van der Waals surface area contributed by atoms with E-state index in [1.807, 2.05) is 0 Å². The molecule has 2 heterocycles. The highest BCUT2D eigenvalue weighted by Gasteiger charge is 2.61. The van der Waals surface area contributed by atoms with Gasteiger partial charge >= 0.3 is 12.0 Å². The van der Waals surface area contributed by atoms with Gasteiger partial charge in [0.2, 0.25) is 6.23 Å². The highest BCUT2D eigenvalue weighted by atomic mass is 19.3. The molecule has 2 aliphatic heterocycles. The van der Waals surface area contributed by atoms with E-state index in [0.717, 1.165) is 4.90 Å². The molecule has 2 fully saturated rings. The van der Waals surface area contributed by atoms with Crippen molar-refractivity contribution in [1.29, 1.82) is 0 Å². The van der Waals surface area contributed by atoms with Gasteiger partial charge in [0.05, 0.1) is 12.8 Å². The van der Waals surface area contributed by atoms with Crippen LogP contribution in [0.15, 0.2) is 0 Å². The van der Waals surface area contributed by atoms with Crippen LogP contribution in [0.5, 0.6) is 0 Å². The molecule has 0 aromatic rings. The van der Waals surface area contributed by atoms with Crippen molar-refractivity contribution in [1.82, 2.24) is 10.2 Å².